The van der Waals surface area contributed by atoms with Crippen LogP contribution < -0.4 is 0 Å². The molecule has 1 heterocycles. The van der Waals surface area contributed by atoms with Gasteiger partial charge in [-0.2, -0.15) is 0 Å². The lowest BCUT2D eigenvalue weighted by atomic mass is 10.0. The fourth-order valence-electron chi connectivity index (χ4n) is 2.50. The van der Waals surface area contributed by atoms with Crippen molar-refractivity contribution in [2.45, 2.75) is 13.3 Å². The Kier molecular flexibility index (Phi) is 4.24. The number of aryl methyl sites for hydroxylation is 1. The predicted molar refractivity (Wildman–Crippen MR) is 93.5 cm³/mol. The van der Waals surface area contributed by atoms with Crippen molar-refractivity contribution in [3.8, 4) is 11.3 Å². The number of carbonyl (C=O) groups is 1. The second kappa shape index (κ2) is 6.19. The van der Waals surface area contributed by atoms with Gasteiger partial charge in [-0.05, 0) is 48.4 Å². The first kappa shape index (κ1) is 15.8. The Morgan fingerprint density at radius 3 is 2.61 bits per heavy atom. The van der Waals surface area contributed by atoms with Gasteiger partial charge in [0.1, 0.15) is 0 Å². The third-order valence-corrected chi connectivity index (χ3v) is 4.28. The van der Waals surface area contributed by atoms with E-state index in [9.17, 15) is 9.90 Å². The molecular weight excluding hydrogens is 333 g/mol. The molecule has 0 aliphatic carbocycles. The molecule has 0 amide bonds. The Hall–Kier alpha value is -2.10. The van der Waals surface area contributed by atoms with E-state index in [0.717, 1.165) is 12.0 Å². The second-order valence-electron chi connectivity index (χ2n) is 5.19. The molecule has 0 atom stereocenters. The number of fused-ring (bicyclic) bond motifs is 1. The van der Waals surface area contributed by atoms with E-state index in [1.54, 1.807) is 24.3 Å². The van der Waals surface area contributed by atoms with Crippen LogP contribution in [0.3, 0.4) is 0 Å². The van der Waals surface area contributed by atoms with Crippen molar-refractivity contribution in [3.63, 3.8) is 0 Å². The summed E-state index contributed by atoms with van der Waals surface area (Å²) in [5.74, 6) is -0.995. The van der Waals surface area contributed by atoms with Crippen LogP contribution in [0.15, 0.2) is 42.5 Å². The van der Waals surface area contributed by atoms with Crippen LogP contribution in [0.1, 0.15) is 22.8 Å². The predicted octanol–water partition coefficient (Wildman–Crippen LogP) is 5.47. The molecule has 5 heteroatoms. The van der Waals surface area contributed by atoms with Crippen LogP contribution in [0.4, 0.5) is 0 Å². The number of carboxylic acid groups (broad SMARTS) is 1. The van der Waals surface area contributed by atoms with Gasteiger partial charge >= 0.3 is 5.97 Å². The molecule has 1 N–H and O–H groups in total. The molecule has 0 unspecified atom stereocenters. The highest BCUT2D eigenvalue weighted by atomic mass is 35.5. The lowest BCUT2D eigenvalue weighted by Gasteiger charge is -2.10. The molecule has 23 heavy (non-hydrogen) atoms. The third-order valence-electron chi connectivity index (χ3n) is 3.72. The number of pyridine rings is 1. The first-order valence-corrected chi connectivity index (χ1v) is 7.87. The van der Waals surface area contributed by atoms with E-state index in [1.165, 1.54) is 0 Å². The van der Waals surface area contributed by atoms with Gasteiger partial charge in [-0.15, -0.1) is 0 Å². The van der Waals surface area contributed by atoms with Crippen LogP contribution in [0, 0.1) is 0 Å². The number of aromatic nitrogens is 1. The van der Waals surface area contributed by atoms with E-state index >= 15 is 0 Å². The molecule has 0 saturated heterocycles. The largest absolute Gasteiger partial charge is 0.478 e. The number of nitrogens with zero attached hydrogens (tertiary/aromatic N) is 1. The van der Waals surface area contributed by atoms with Crippen LogP contribution in [-0.4, -0.2) is 16.1 Å². The first-order valence-electron chi connectivity index (χ1n) is 7.12. The Balaban J connectivity index is 2.31. The highest BCUT2D eigenvalue weighted by molar-refractivity contribution is 6.35. The molecule has 0 bridgehead atoms. The molecule has 3 rings (SSSR count). The number of halogens is 2. The summed E-state index contributed by atoms with van der Waals surface area (Å²) in [6, 6.07) is 12.2. The van der Waals surface area contributed by atoms with Crippen LogP contribution >= 0.6 is 23.2 Å². The Labute approximate surface area is 143 Å². The van der Waals surface area contributed by atoms with Gasteiger partial charge in [-0.1, -0.05) is 36.2 Å². The maximum atomic E-state index is 11.7. The molecule has 3 nitrogen and oxygen atoms in total. The van der Waals surface area contributed by atoms with Gasteiger partial charge in [0, 0.05) is 16.0 Å². The minimum atomic E-state index is -0.995. The molecule has 0 aliphatic heterocycles. The fourth-order valence-corrected chi connectivity index (χ4v) is 2.89. The number of hydrogen-bond donors (Lipinski definition) is 1. The molecule has 1 aromatic heterocycles. The van der Waals surface area contributed by atoms with E-state index in [0.29, 0.717) is 32.2 Å². The highest BCUT2D eigenvalue weighted by Gasteiger charge is 2.15. The number of aromatic carboxylic acids is 1. The summed E-state index contributed by atoms with van der Waals surface area (Å²) in [7, 11) is 0. The minimum Gasteiger partial charge on any atom is -0.478 e. The number of rotatable bonds is 3. The molecule has 0 saturated carbocycles. The second-order valence-corrected chi connectivity index (χ2v) is 6.03. The van der Waals surface area contributed by atoms with Gasteiger partial charge in [0.05, 0.1) is 21.8 Å². The van der Waals surface area contributed by atoms with Gasteiger partial charge < -0.3 is 5.11 Å². The standard InChI is InChI=1S/C18H13Cl2NO2/c1-2-10-3-6-16-12(7-10)13(18(22)23)9-17(21-16)14-8-11(19)4-5-15(14)20/h3-9H,2H2,1H3,(H,22,23). The van der Waals surface area contributed by atoms with E-state index in [2.05, 4.69) is 4.98 Å². The summed E-state index contributed by atoms with van der Waals surface area (Å²) in [6.45, 7) is 2.02. The van der Waals surface area contributed by atoms with Crippen molar-refractivity contribution in [2.75, 3.05) is 0 Å². The Bertz CT molecular complexity index is 922. The number of benzene rings is 2. The molecular formula is C18H13Cl2NO2. The number of hydrogen-bond acceptors (Lipinski definition) is 2. The molecule has 2 aromatic carbocycles. The summed E-state index contributed by atoms with van der Waals surface area (Å²) in [5.41, 5.74) is 3.00. The Morgan fingerprint density at radius 2 is 1.91 bits per heavy atom. The zero-order valence-electron chi connectivity index (χ0n) is 12.3. The van der Waals surface area contributed by atoms with Crippen LogP contribution in [0.5, 0.6) is 0 Å². The minimum absolute atomic E-state index is 0.205. The van der Waals surface area contributed by atoms with Crippen molar-refractivity contribution < 1.29 is 9.90 Å². The quantitative estimate of drug-likeness (QED) is 0.684. The van der Waals surface area contributed by atoms with Crippen LogP contribution in [0.2, 0.25) is 10.0 Å². The zero-order valence-corrected chi connectivity index (χ0v) is 13.8. The van der Waals surface area contributed by atoms with Gasteiger partial charge in [-0.3, -0.25) is 0 Å². The summed E-state index contributed by atoms with van der Waals surface area (Å²) >= 11 is 12.2. The Morgan fingerprint density at radius 1 is 1.13 bits per heavy atom. The molecule has 0 spiro atoms. The van der Waals surface area contributed by atoms with Crippen molar-refractivity contribution in [3.05, 3.63) is 63.6 Å². The molecule has 0 aliphatic rings. The monoisotopic (exact) mass is 345 g/mol. The maximum absolute atomic E-state index is 11.7. The van der Waals surface area contributed by atoms with Crippen molar-refractivity contribution in [1.82, 2.24) is 4.98 Å². The van der Waals surface area contributed by atoms with Crippen molar-refractivity contribution in [2.24, 2.45) is 0 Å². The maximum Gasteiger partial charge on any atom is 0.336 e. The lowest BCUT2D eigenvalue weighted by Crippen LogP contribution is -2.01. The smallest absolute Gasteiger partial charge is 0.336 e. The molecule has 116 valence electrons. The summed E-state index contributed by atoms with van der Waals surface area (Å²) in [5, 5.41) is 11.2. The van der Waals surface area contributed by atoms with Crippen molar-refractivity contribution in [1.29, 1.82) is 0 Å². The molecule has 0 fully saturated rings. The lowest BCUT2D eigenvalue weighted by molar-refractivity contribution is 0.0699. The van der Waals surface area contributed by atoms with E-state index < -0.39 is 5.97 Å². The first-order chi connectivity index (χ1) is 11.0. The average Bonchev–Trinajstić information content (AvgIpc) is 2.55. The van der Waals surface area contributed by atoms with E-state index in [-0.39, 0.29) is 5.56 Å². The van der Waals surface area contributed by atoms with Crippen LogP contribution in [0.25, 0.3) is 22.2 Å². The van der Waals surface area contributed by atoms with Gasteiger partial charge in [0.25, 0.3) is 0 Å². The average molecular weight is 346 g/mol. The zero-order chi connectivity index (χ0) is 16.6. The van der Waals surface area contributed by atoms with Crippen molar-refractivity contribution >= 4 is 40.1 Å². The summed E-state index contributed by atoms with van der Waals surface area (Å²) in [6.07, 6.45) is 0.830. The molecule has 0 radical (unpaired) electrons. The SMILES string of the molecule is CCc1ccc2nc(-c3cc(Cl)ccc3Cl)cc(C(=O)O)c2c1. The summed E-state index contributed by atoms with van der Waals surface area (Å²) < 4.78 is 0. The summed E-state index contributed by atoms with van der Waals surface area (Å²) in [4.78, 5) is 16.2. The fraction of sp³-hybridized carbons (Fsp3) is 0.111. The highest BCUT2D eigenvalue weighted by Crippen LogP contribution is 2.32. The molecule has 3 aromatic rings. The van der Waals surface area contributed by atoms with Crippen LogP contribution in [-0.2, 0) is 6.42 Å². The van der Waals surface area contributed by atoms with Gasteiger partial charge in [-0.25, -0.2) is 9.78 Å². The van der Waals surface area contributed by atoms with E-state index in [4.69, 9.17) is 23.2 Å². The normalized spacial score (nSPS) is 10.9. The number of carboxylic acids is 1. The van der Waals surface area contributed by atoms with Gasteiger partial charge in [0.2, 0.25) is 0 Å². The third kappa shape index (κ3) is 3.03. The topological polar surface area (TPSA) is 50.2 Å². The van der Waals surface area contributed by atoms with E-state index in [1.807, 2.05) is 25.1 Å². The van der Waals surface area contributed by atoms with Gasteiger partial charge in [0.15, 0.2) is 0 Å².